The highest BCUT2D eigenvalue weighted by atomic mass is 32.2. The van der Waals surface area contributed by atoms with E-state index < -0.39 is 22.2 Å². The summed E-state index contributed by atoms with van der Waals surface area (Å²) in [6, 6.07) is -1.15. The molecule has 0 spiro atoms. The molecule has 0 heterocycles. The van der Waals surface area contributed by atoms with Gasteiger partial charge in [0.05, 0.1) is 6.61 Å². The Morgan fingerprint density at radius 3 is 2.53 bits per heavy atom. The van der Waals surface area contributed by atoms with Gasteiger partial charge in [-0.3, -0.25) is 4.79 Å². The average molecular weight is 240 g/mol. The highest BCUT2D eigenvalue weighted by Crippen LogP contribution is 1.96. The number of methoxy groups -OCH3 is 1. The van der Waals surface area contributed by atoms with Crippen LogP contribution in [0.1, 0.15) is 6.92 Å². The topological polar surface area (TPSA) is 95.9 Å². The largest absolute Gasteiger partial charge is 0.480 e. The van der Waals surface area contributed by atoms with Crippen molar-refractivity contribution >= 4 is 16.2 Å². The predicted molar refractivity (Wildman–Crippen MR) is 53.7 cm³/mol. The third-order valence-electron chi connectivity index (χ3n) is 1.72. The molecule has 0 aromatic rings. The van der Waals surface area contributed by atoms with Crippen LogP contribution in [0.4, 0.5) is 0 Å². The zero-order chi connectivity index (χ0) is 12.1. The molecular formula is C7H16N2O5S. The standard InChI is InChI=1S/C7H16N2O5S/c1-6(7(10)11)8-15(12,13)9(2)4-5-14-3/h6,8H,4-5H2,1-3H3,(H,10,11)/t6-/m1/s1. The molecule has 0 aromatic carbocycles. The van der Waals surface area contributed by atoms with Crippen molar-refractivity contribution in [1.82, 2.24) is 9.03 Å². The number of rotatable bonds is 7. The molecule has 1 atom stereocenters. The van der Waals surface area contributed by atoms with E-state index in [0.717, 1.165) is 4.31 Å². The summed E-state index contributed by atoms with van der Waals surface area (Å²) in [6.45, 7) is 1.67. The Labute approximate surface area is 89.2 Å². The molecule has 2 N–H and O–H groups in total. The molecule has 7 nitrogen and oxygen atoms in total. The van der Waals surface area contributed by atoms with Crippen LogP contribution in [0, 0.1) is 0 Å². The van der Waals surface area contributed by atoms with E-state index in [1.165, 1.54) is 21.1 Å². The van der Waals surface area contributed by atoms with Gasteiger partial charge in [-0.1, -0.05) is 0 Å². The van der Waals surface area contributed by atoms with E-state index >= 15 is 0 Å². The van der Waals surface area contributed by atoms with Crippen LogP contribution < -0.4 is 4.72 Å². The SMILES string of the molecule is COCCN(C)S(=O)(=O)N[C@H](C)C(=O)O. The van der Waals surface area contributed by atoms with Gasteiger partial charge in [0.25, 0.3) is 10.2 Å². The minimum atomic E-state index is -3.75. The summed E-state index contributed by atoms with van der Waals surface area (Å²) in [4.78, 5) is 10.4. The number of nitrogens with zero attached hydrogens (tertiary/aromatic N) is 1. The van der Waals surface area contributed by atoms with Crippen LogP contribution in [0.15, 0.2) is 0 Å². The third kappa shape index (κ3) is 5.07. The minimum Gasteiger partial charge on any atom is -0.480 e. The first kappa shape index (κ1) is 14.3. The number of carboxylic acids is 1. The van der Waals surface area contributed by atoms with Gasteiger partial charge in [-0.05, 0) is 6.92 Å². The molecule has 0 aliphatic rings. The fourth-order valence-corrected chi connectivity index (χ4v) is 1.75. The zero-order valence-corrected chi connectivity index (χ0v) is 9.74. The van der Waals surface area contributed by atoms with Gasteiger partial charge >= 0.3 is 5.97 Å². The van der Waals surface area contributed by atoms with Crippen LogP contribution in [-0.4, -0.2) is 57.1 Å². The van der Waals surface area contributed by atoms with E-state index in [4.69, 9.17) is 9.84 Å². The van der Waals surface area contributed by atoms with Crippen molar-refractivity contribution in [3.05, 3.63) is 0 Å². The molecule has 0 aromatic heterocycles. The molecule has 0 fully saturated rings. The maximum atomic E-state index is 11.4. The van der Waals surface area contributed by atoms with Gasteiger partial charge in [0.2, 0.25) is 0 Å². The number of likely N-dealkylation sites (N-methyl/N-ethyl adjacent to an activating group) is 1. The molecule has 0 aliphatic carbocycles. The molecule has 0 radical (unpaired) electrons. The van der Waals surface area contributed by atoms with Crippen LogP contribution in [0.3, 0.4) is 0 Å². The number of aliphatic carboxylic acids is 1. The van der Waals surface area contributed by atoms with E-state index in [-0.39, 0.29) is 13.2 Å². The highest BCUT2D eigenvalue weighted by Gasteiger charge is 2.23. The Morgan fingerprint density at radius 1 is 1.60 bits per heavy atom. The van der Waals surface area contributed by atoms with Crippen molar-refractivity contribution in [2.75, 3.05) is 27.3 Å². The van der Waals surface area contributed by atoms with E-state index in [1.807, 2.05) is 4.72 Å². The second kappa shape index (κ2) is 6.01. The summed E-state index contributed by atoms with van der Waals surface area (Å²) in [5.74, 6) is -1.22. The number of hydrogen-bond acceptors (Lipinski definition) is 4. The van der Waals surface area contributed by atoms with Crippen molar-refractivity contribution in [3.63, 3.8) is 0 Å². The van der Waals surface area contributed by atoms with Crippen molar-refractivity contribution < 1.29 is 23.1 Å². The number of nitrogens with one attached hydrogen (secondary N) is 1. The van der Waals surface area contributed by atoms with Crippen LogP contribution in [0.25, 0.3) is 0 Å². The van der Waals surface area contributed by atoms with Crippen molar-refractivity contribution in [3.8, 4) is 0 Å². The first-order valence-corrected chi connectivity index (χ1v) is 5.70. The molecule has 0 unspecified atom stereocenters. The van der Waals surface area contributed by atoms with Gasteiger partial charge < -0.3 is 9.84 Å². The molecule has 0 saturated carbocycles. The molecule has 8 heteroatoms. The minimum absolute atomic E-state index is 0.165. The summed E-state index contributed by atoms with van der Waals surface area (Å²) in [5, 5.41) is 8.53. The van der Waals surface area contributed by atoms with Gasteiger partial charge in [-0.25, -0.2) is 0 Å². The summed E-state index contributed by atoms with van der Waals surface area (Å²) in [5.41, 5.74) is 0. The maximum Gasteiger partial charge on any atom is 0.321 e. The van der Waals surface area contributed by atoms with E-state index in [1.54, 1.807) is 0 Å². The maximum absolute atomic E-state index is 11.4. The van der Waals surface area contributed by atoms with Gasteiger partial charge in [-0.15, -0.1) is 0 Å². The first-order valence-electron chi connectivity index (χ1n) is 4.26. The molecule has 0 rings (SSSR count). The van der Waals surface area contributed by atoms with Crippen molar-refractivity contribution in [2.24, 2.45) is 0 Å². The van der Waals surface area contributed by atoms with Crippen LogP contribution in [-0.2, 0) is 19.7 Å². The fourth-order valence-electron chi connectivity index (χ4n) is 0.704. The van der Waals surface area contributed by atoms with Crippen LogP contribution in [0.5, 0.6) is 0 Å². The second-order valence-electron chi connectivity index (χ2n) is 3.00. The Bertz CT molecular complexity index is 303. The zero-order valence-electron chi connectivity index (χ0n) is 8.93. The number of ether oxygens (including phenoxy) is 1. The number of hydrogen-bond donors (Lipinski definition) is 2. The molecule has 0 amide bonds. The van der Waals surface area contributed by atoms with E-state index in [9.17, 15) is 13.2 Å². The molecule has 15 heavy (non-hydrogen) atoms. The number of carbonyl (C=O) groups is 1. The lowest BCUT2D eigenvalue weighted by molar-refractivity contribution is -0.138. The van der Waals surface area contributed by atoms with Crippen LogP contribution in [0.2, 0.25) is 0 Å². The Morgan fingerprint density at radius 2 is 2.13 bits per heavy atom. The van der Waals surface area contributed by atoms with Crippen molar-refractivity contribution in [2.45, 2.75) is 13.0 Å². The summed E-state index contributed by atoms with van der Waals surface area (Å²) in [6.07, 6.45) is 0. The molecule has 0 bridgehead atoms. The molecular weight excluding hydrogens is 224 g/mol. The molecule has 90 valence electrons. The smallest absolute Gasteiger partial charge is 0.321 e. The van der Waals surface area contributed by atoms with Crippen LogP contribution >= 0.6 is 0 Å². The Kier molecular flexibility index (Phi) is 5.73. The molecule has 0 saturated heterocycles. The normalized spacial score (nSPS) is 14.1. The quantitative estimate of drug-likeness (QED) is 0.587. The fraction of sp³-hybridized carbons (Fsp3) is 0.857. The lowest BCUT2D eigenvalue weighted by atomic mass is 10.4. The number of carboxylic acid groups (broad SMARTS) is 1. The Hall–Kier alpha value is -0.700. The summed E-state index contributed by atoms with van der Waals surface area (Å²) < 4.78 is 30.6. The summed E-state index contributed by atoms with van der Waals surface area (Å²) >= 11 is 0. The lowest BCUT2D eigenvalue weighted by Gasteiger charge is -2.18. The van der Waals surface area contributed by atoms with Crippen molar-refractivity contribution in [1.29, 1.82) is 0 Å². The second-order valence-corrected chi connectivity index (χ2v) is 4.81. The lowest BCUT2D eigenvalue weighted by Crippen LogP contribution is -2.46. The predicted octanol–water partition coefficient (Wildman–Crippen LogP) is -1.13. The first-order chi connectivity index (χ1) is 6.81. The average Bonchev–Trinajstić information content (AvgIpc) is 2.13. The third-order valence-corrected chi connectivity index (χ3v) is 3.37. The van der Waals surface area contributed by atoms with Gasteiger partial charge in [-0.2, -0.15) is 17.4 Å². The van der Waals surface area contributed by atoms with Gasteiger partial charge in [0.1, 0.15) is 6.04 Å². The summed E-state index contributed by atoms with van der Waals surface area (Å²) in [7, 11) is -0.959. The highest BCUT2D eigenvalue weighted by molar-refractivity contribution is 7.87. The van der Waals surface area contributed by atoms with Gasteiger partial charge in [0, 0.05) is 20.7 Å². The van der Waals surface area contributed by atoms with E-state index in [0.29, 0.717) is 0 Å². The monoisotopic (exact) mass is 240 g/mol. The van der Waals surface area contributed by atoms with E-state index in [2.05, 4.69) is 0 Å². The van der Waals surface area contributed by atoms with Gasteiger partial charge in [0.15, 0.2) is 0 Å². The molecule has 0 aliphatic heterocycles. The Balaban J connectivity index is 4.35.